The van der Waals surface area contributed by atoms with Gasteiger partial charge in [0.1, 0.15) is 0 Å². The van der Waals surface area contributed by atoms with E-state index in [0.29, 0.717) is 37.6 Å². The van der Waals surface area contributed by atoms with Crippen LogP contribution in [0, 0.1) is 18.3 Å². The number of aromatic nitrogens is 3. The highest BCUT2D eigenvalue weighted by molar-refractivity contribution is 7.17. The fourth-order valence-corrected chi connectivity index (χ4v) is 7.72. The summed E-state index contributed by atoms with van der Waals surface area (Å²) in [6.45, 7) is 10.6. The van der Waals surface area contributed by atoms with Gasteiger partial charge >= 0.3 is 0 Å². The summed E-state index contributed by atoms with van der Waals surface area (Å²) >= 11 is 8.23. The number of carbonyl (C=O) groups is 2. The summed E-state index contributed by atoms with van der Waals surface area (Å²) < 4.78 is 1.09. The van der Waals surface area contributed by atoms with Gasteiger partial charge in [-0.3, -0.25) is 19.5 Å². The third kappa shape index (κ3) is 5.42. The molecule has 6 rings (SSSR count). The second kappa shape index (κ2) is 10.6. The first-order chi connectivity index (χ1) is 19.5. The Labute approximate surface area is 248 Å². The van der Waals surface area contributed by atoms with Gasteiger partial charge in [-0.25, -0.2) is 0 Å². The first-order valence-electron chi connectivity index (χ1n) is 14.3. The maximum absolute atomic E-state index is 13.9. The monoisotopic (exact) mass is 593 g/mol. The number of pyridine rings is 1. The van der Waals surface area contributed by atoms with E-state index in [9.17, 15) is 14.4 Å². The van der Waals surface area contributed by atoms with Crippen LogP contribution in [0.5, 0.6) is 0 Å². The average Bonchev–Trinajstić information content (AvgIpc) is 3.53. The molecule has 8 nitrogen and oxygen atoms in total. The summed E-state index contributed by atoms with van der Waals surface area (Å²) in [6, 6.07) is 3.96. The topological polar surface area (TPSA) is 102 Å². The lowest BCUT2D eigenvalue weighted by molar-refractivity contribution is -0.142. The maximum Gasteiger partial charge on any atom is 0.251 e. The molecule has 0 unspecified atom stereocenters. The number of thiophene rings is 1. The van der Waals surface area contributed by atoms with Gasteiger partial charge in [0.2, 0.25) is 11.8 Å². The molecule has 2 aliphatic rings. The normalized spacial score (nSPS) is 18.8. The Morgan fingerprint density at radius 3 is 2.66 bits per heavy atom. The lowest BCUT2D eigenvalue weighted by Crippen LogP contribution is -2.43. The van der Waals surface area contributed by atoms with Gasteiger partial charge < -0.3 is 14.8 Å². The molecule has 5 heterocycles. The number of fused-ring (bicyclic) bond motifs is 4. The van der Waals surface area contributed by atoms with Gasteiger partial charge in [0.05, 0.1) is 32.9 Å². The molecule has 0 bridgehead atoms. The Morgan fingerprint density at radius 1 is 1.17 bits per heavy atom. The minimum absolute atomic E-state index is 0.00492. The number of aromatic amines is 2. The predicted molar refractivity (Wildman–Crippen MR) is 164 cm³/mol. The fraction of sp³-hybridized carbons (Fsp3) is 0.484. The van der Waals surface area contributed by atoms with Crippen LogP contribution in [-0.2, 0) is 22.6 Å². The third-order valence-electron chi connectivity index (χ3n) is 8.53. The van der Waals surface area contributed by atoms with Crippen molar-refractivity contribution in [2.24, 2.45) is 11.3 Å². The van der Waals surface area contributed by atoms with Crippen LogP contribution in [0.15, 0.2) is 28.5 Å². The lowest BCUT2D eigenvalue weighted by atomic mass is 9.89. The van der Waals surface area contributed by atoms with E-state index in [1.807, 2.05) is 28.9 Å². The van der Waals surface area contributed by atoms with Crippen molar-refractivity contribution in [3.05, 3.63) is 61.3 Å². The standard InChI is InChI=1S/C31H36ClN5O3S/c1-17-15-41-25-12-21(29(39)34-27(17)25)18-5-7-36(8-6-18)26(38)11-20-9-19-10-24(32)28-22(13-33-35-28)23(19)14-37(30(20)40)16-31(2,3)4/h10,12-13,15,18,20H,5-9,11,14,16H2,1-4H3,(H,33,35)(H,34,39)/t20-/m0/s1. The molecule has 2 aliphatic heterocycles. The van der Waals surface area contributed by atoms with E-state index in [2.05, 4.69) is 41.3 Å². The van der Waals surface area contributed by atoms with Crippen molar-refractivity contribution >= 4 is 55.9 Å². The van der Waals surface area contributed by atoms with Gasteiger partial charge in [0.25, 0.3) is 5.56 Å². The number of amides is 2. The zero-order valence-electron chi connectivity index (χ0n) is 24.0. The highest BCUT2D eigenvalue weighted by Crippen LogP contribution is 2.36. The summed E-state index contributed by atoms with van der Waals surface area (Å²) in [5.41, 5.74) is 5.51. The first kappa shape index (κ1) is 28.0. The van der Waals surface area contributed by atoms with Crippen molar-refractivity contribution in [2.45, 2.75) is 65.8 Å². The quantitative estimate of drug-likeness (QED) is 0.313. The van der Waals surface area contributed by atoms with Crippen molar-refractivity contribution in [3.63, 3.8) is 0 Å². The molecule has 1 atom stereocenters. The number of aryl methyl sites for hydroxylation is 1. The Bertz CT molecular complexity index is 1710. The van der Waals surface area contributed by atoms with Crippen LogP contribution >= 0.6 is 22.9 Å². The summed E-state index contributed by atoms with van der Waals surface area (Å²) in [6.07, 6.45) is 3.86. The molecule has 4 aromatic rings. The van der Waals surface area contributed by atoms with Crippen LogP contribution < -0.4 is 5.56 Å². The molecule has 0 aliphatic carbocycles. The van der Waals surface area contributed by atoms with Crippen molar-refractivity contribution in [1.82, 2.24) is 25.0 Å². The lowest BCUT2D eigenvalue weighted by Gasteiger charge is -2.34. The third-order valence-corrected chi connectivity index (χ3v) is 9.88. The zero-order chi connectivity index (χ0) is 29.1. The minimum atomic E-state index is -0.462. The zero-order valence-corrected chi connectivity index (χ0v) is 25.5. The number of nitrogens with zero attached hydrogens (tertiary/aromatic N) is 3. The molecular formula is C31H36ClN5O3S. The largest absolute Gasteiger partial charge is 0.343 e. The summed E-state index contributed by atoms with van der Waals surface area (Å²) in [5, 5.41) is 10.8. The Balaban J connectivity index is 1.20. The van der Waals surface area contributed by atoms with E-state index in [-0.39, 0.29) is 35.1 Å². The molecule has 1 fully saturated rings. The van der Waals surface area contributed by atoms with Crippen molar-refractivity contribution in [2.75, 3.05) is 19.6 Å². The average molecular weight is 594 g/mol. The number of H-pyrrole nitrogens is 2. The Morgan fingerprint density at radius 2 is 1.93 bits per heavy atom. The fourth-order valence-electron chi connectivity index (χ4n) is 6.50. The van der Waals surface area contributed by atoms with Gasteiger partial charge in [0.15, 0.2) is 0 Å². The summed E-state index contributed by atoms with van der Waals surface area (Å²) in [7, 11) is 0. The van der Waals surface area contributed by atoms with Crippen LogP contribution in [0.2, 0.25) is 5.02 Å². The van der Waals surface area contributed by atoms with Crippen LogP contribution in [0.3, 0.4) is 0 Å². The van der Waals surface area contributed by atoms with Gasteiger partial charge in [-0.1, -0.05) is 32.4 Å². The molecule has 2 amide bonds. The number of carbonyl (C=O) groups excluding carboxylic acids is 2. The number of nitrogens with one attached hydrogen (secondary N) is 2. The molecule has 2 N–H and O–H groups in total. The first-order valence-corrected chi connectivity index (χ1v) is 15.5. The van der Waals surface area contributed by atoms with Crippen LogP contribution in [0.1, 0.15) is 68.2 Å². The van der Waals surface area contributed by atoms with Gasteiger partial charge in [-0.2, -0.15) is 5.10 Å². The van der Waals surface area contributed by atoms with Crippen molar-refractivity contribution < 1.29 is 9.59 Å². The van der Waals surface area contributed by atoms with E-state index in [4.69, 9.17) is 11.6 Å². The molecule has 0 saturated carbocycles. The van der Waals surface area contributed by atoms with Crippen molar-refractivity contribution in [3.8, 4) is 0 Å². The summed E-state index contributed by atoms with van der Waals surface area (Å²) in [4.78, 5) is 47.2. The molecule has 10 heteroatoms. The second-order valence-corrected chi connectivity index (χ2v) is 14.2. The molecule has 0 spiro atoms. The number of benzene rings is 1. The summed E-state index contributed by atoms with van der Waals surface area (Å²) in [5.74, 6) is -0.341. The highest BCUT2D eigenvalue weighted by Gasteiger charge is 2.36. The predicted octanol–water partition coefficient (Wildman–Crippen LogP) is 5.77. The molecule has 41 heavy (non-hydrogen) atoms. The number of hydrogen-bond acceptors (Lipinski definition) is 5. The molecule has 3 aromatic heterocycles. The van der Waals surface area contributed by atoms with Crippen molar-refractivity contribution in [1.29, 1.82) is 0 Å². The van der Waals surface area contributed by atoms with Crippen LogP contribution in [0.4, 0.5) is 0 Å². The van der Waals surface area contributed by atoms with Gasteiger partial charge in [0, 0.05) is 43.5 Å². The van der Waals surface area contributed by atoms with E-state index in [1.165, 1.54) is 0 Å². The number of piperidine rings is 1. The number of rotatable bonds is 4. The Kier molecular flexibility index (Phi) is 7.22. The number of halogens is 1. The molecule has 0 radical (unpaired) electrons. The molecule has 1 aromatic carbocycles. The van der Waals surface area contributed by atoms with Crippen LogP contribution in [-0.4, -0.2) is 56.4 Å². The van der Waals surface area contributed by atoms with Crippen LogP contribution in [0.25, 0.3) is 21.1 Å². The van der Waals surface area contributed by atoms with E-state index in [0.717, 1.165) is 56.2 Å². The molecule has 216 valence electrons. The molecular weight excluding hydrogens is 558 g/mol. The maximum atomic E-state index is 13.9. The Hall–Kier alpha value is -3.17. The number of hydrogen-bond donors (Lipinski definition) is 2. The van der Waals surface area contributed by atoms with E-state index >= 15 is 0 Å². The van der Waals surface area contributed by atoms with Gasteiger partial charge in [-0.05, 0) is 71.7 Å². The van der Waals surface area contributed by atoms with E-state index < -0.39 is 5.92 Å². The highest BCUT2D eigenvalue weighted by atomic mass is 35.5. The minimum Gasteiger partial charge on any atom is -0.343 e. The number of likely N-dealkylation sites (tertiary alicyclic amines) is 1. The second-order valence-electron chi connectivity index (χ2n) is 12.9. The smallest absolute Gasteiger partial charge is 0.251 e. The van der Waals surface area contributed by atoms with Gasteiger partial charge in [-0.15, -0.1) is 11.3 Å². The SMILES string of the molecule is Cc1csc2cc(C3CCN(C(=O)C[C@@H]4Cc5cc(Cl)c6[nH]ncc6c5CN(CC(C)(C)C)C4=O)CC3)c(=O)[nH]c12. The van der Waals surface area contributed by atoms with E-state index in [1.54, 1.807) is 17.5 Å². The molecule has 1 saturated heterocycles.